The number of amides is 2. The first kappa shape index (κ1) is 21.0. The molecule has 2 rings (SSSR count). The molecule has 0 saturated carbocycles. The number of aryl methyl sites for hydroxylation is 2. The molecule has 0 aliphatic carbocycles. The highest BCUT2D eigenvalue weighted by Gasteiger charge is 2.12. The number of aliphatic imine (C=N–C) groups is 1. The third kappa shape index (κ3) is 5.34. The monoisotopic (exact) mass is 381 g/mol. The van der Waals surface area contributed by atoms with Crippen LogP contribution in [0.15, 0.2) is 47.5 Å². The fourth-order valence-electron chi connectivity index (χ4n) is 2.61. The predicted molar refractivity (Wildman–Crippen MR) is 114 cm³/mol. The van der Waals surface area contributed by atoms with E-state index < -0.39 is 6.03 Å². The van der Waals surface area contributed by atoms with Crippen LogP contribution in [0.25, 0.3) is 5.70 Å². The van der Waals surface area contributed by atoms with Crippen LogP contribution >= 0.6 is 0 Å². The zero-order chi connectivity index (χ0) is 20.7. The third-order valence-corrected chi connectivity index (χ3v) is 4.26. The third-order valence-electron chi connectivity index (χ3n) is 4.26. The van der Waals surface area contributed by atoms with Gasteiger partial charge in [-0.15, -0.1) is 0 Å². The van der Waals surface area contributed by atoms with Crippen molar-refractivity contribution < 1.29 is 9.53 Å². The van der Waals surface area contributed by atoms with Gasteiger partial charge < -0.3 is 15.8 Å². The summed E-state index contributed by atoms with van der Waals surface area (Å²) in [6.07, 6.45) is 3.41. The molecule has 28 heavy (non-hydrogen) atoms. The van der Waals surface area contributed by atoms with E-state index >= 15 is 0 Å². The lowest BCUT2D eigenvalue weighted by atomic mass is 10.1. The van der Waals surface area contributed by atoms with Crippen LogP contribution in [0.2, 0.25) is 0 Å². The van der Waals surface area contributed by atoms with E-state index in [4.69, 9.17) is 16.3 Å². The molecule has 0 bridgehead atoms. The Morgan fingerprint density at radius 1 is 1.25 bits per heavy atom. The van der Waals surface area contributed by atoms with Gasteiger partial charge in [0, 0.05) is 37.3 Å². The molecule has 0 aliphatic heterocycles. The van der Waals surface area contributed by atoms with E-state index in [9.17, 15) is 4.79 Å². The van der Waals surface area contributed by atoms with Gasteiger partial charge in [0.25, 0.3) is 0 Å². The van der Waals surface area contributed by atoms with Crippen LogP contribution in [0.1, 0.15) is 22.3 Å². The SMILES string of the molecule is CN=CC=C(N)c1ccc(OCc2c(C)cccc2NC(=O)N(C)N)c(C)c1. The molecule has 0 aromatic heterocycles. The second-order valence-electron chi connectivity index (χ2n) is 6.44. The number of carbonyl (C=O) groups is 1. The Bertz CT molecular complexity index is 904. The quantitative estimate of drug-likeness (QED) is 0.309. The zero-order valence-corrected chi connectivity index (χ0v) is 16.7. The maximum atomic E-state index is 11.9. The minimum atomic E-state index is -0.398. The van der Waals surface area contributed by atoms with Gasteiger partial charge in [0.1, 0.15) is 12.4 Å². The Kier molecular flexibility index (Phi) is 7.17. The maximum Gasteiger partial charge on any atom is 0.335 e. The van der Waals surface area contributed by atoms with Crippen LogP contribution in [-0.2, 0) is 6.61 Å². The van der Waals surface area contributed by atoms with Crippen LogP contribution in [0.3, 0.4) is 0 Å². The second-order valence-corrected chi connectivity index (χ2v) is 6.44. The maximum absolute atomic E-state index is 11.9. The summed E-state index contributed by atoms with van der Waals surface area (Å²) in [7, 11) is 3.18. The molecule has 7 heteroatoms. The molecule has 0 atom stereocenters. The number of benzene rings is 2. The highest BCUT2D eigenvalue weighted by atomic mass is 16.5. The molecular formula is C21H27N5O2. The molecule has 0 aliphatic rings. The van der Waals surface area contributed by atoms with Gasteiger partial charge in [-0.1, -0.05) is 12.1 Å². The van der Waals surface area contributed by atoms with Gasteiger partial charge in [0.2, 0.25) is 0 Å². The van der Waals surface area contributed by atoms with Crippen molar-refractivity contribution in [3.05, 3.63) is 64.7 Å². The normalized spacial score (nSPS) is 11.5. The van der Waals surface area contributed by atoms with Crippen LogP contribution in [0.4, 0.5) is 10.5 Å². The van der Waals surface area contributed by atoms with E-state index in [-0.39, 0.29) is 0 Å². The number of hydrogen-bond donors (Lipinski definition) is 3. The molecule has 0 spiro atoms. The van der Waals surface area contributed by atoms with Crippen molar-refractivity contribution in [1.29, 1.82) is 0 Å². The number of anilines is 1. The fraction of sp³-hybridized carbons (Fsp3) is 0.238. The Morgan fingerprint density at radius 2 is 2.00 bits per heavy atom. The Balaban J connectivity index is 2.19. The summed E-state index contributed by atoms with van der Waals surface area (Å²) in [4.78, 5) is 15.8. The molecule has 0 fully saturated rings. The smallest absolute Gasteiger partial charge is 0.335 e. The van der Waals surface area contributed by atoms with Gasteiger partial charge >= 0.3 is 6.03 Å². The highest BCUT2D eigenvalue weighted by molar-refractivity contribution is 5.89. The first-order valence-electron chi connectivity index (χ1n) is 8.83. The number of urea groups is 1. The topological polar surface area (TPSA) is 106 Å². The summed E-state index contributed by atoms with van der Waals surface area (Å²) >= 11 is 0. The largest absolute Gasteiger partial charge is 0.489 e. The van der Waals surface area contributed by atoms with Gasteiger partial charge in [-0.2, -0.15) is 0 Å². The molecule has 5 N–H and O–H groups in total. The number of hydrogen-bond acceptors (Lipinski definition) is 5. The Morgan fingerprint density at radius 3 is 2.64 bits per heavy atom. The highest BCUT2D eigenvalue weighted by Crippen LogP contribution is 2.26. The van der Waals surface area contributed by atoms with Gasteiger partial charge in [0.05, 0.1) is 0 Å². The van der Waals surface area contributed by atoms with Crippen LogP contribution in [-0.4, -0.2) is 31.3 Å². The molecule has 0 saturated heterocycles. The summed E-state index contributed by atoms with van der Waals surface area (Å²) in [5.74, 6) is 6.24. The van der Waals surface area contributed by atoms with Crippen LogP contribution < -0.4 is 21.6 Å². The average Bonchev–Trinajstić information content (AvgIpc) is 2.66. The second kappa shape index (κ2) is 9.57. The lowest BCUT2D eigenvalue weighted by Crippen LogP contribution is -2.37. The van der Waals surface area contributed by atoms with Crippen molar-refractivity contribution in [3.63, 3.8) is 0 Å². The van der Waals surface area contributed by atoms with Gasteiger partial charge in [-0.05, 0) is 60.9 Å². The van der Waals surface area contributed by atoms with Crippen LogP contribution in [0.5, 0.6) is 5.75 Å². The van der Waals surface area contributed by atoms with E-state index in [1.165, 1.54) is 7.05 Å². The van der Waals surface area contributed by atoms with Crippen molar-refractivity contribution in [3.8, 4) is 5.75 Å². The average molecular weight is 381 g/mol. The lowest BCUT2D eigenvalue weighted by Gasteiger charge is -2.18. The van der Waals surface area contributed by atoms with Crippen LogP contribution in [0, 0.1) is 13.8 Å². The van der Waals surface area contributed by atoms with Crippen molar-refractivity contribution in [2.75, 3.05) is 19.4 Å². The van der Waals surface area contributed by atoms with E-state index in [1.807, 2.05) is 50.2 Å². The minimum Gasteiger partial charge on any atom is -0.489 e. The summed E-state index contributed by atoms with van der Waals surface area (Å²) in [5, 5.41) is 3.79. The molecule has 7 nitrogen and oxygen atoms in total. The number of nitrogens with one attached hydrogen (secondary N) is 1. The molecule has 2 amide bonds. The first-order chi connectivity index (χ1) is 13.3. The predicted octanol–water partition coefficient (Wildman–Crippen LogP) is 3.22. The van der Waals surface area contributed by atoms with E-state index in [0.717, 1.165) is 33.0 Å². The summed E-state index contributed by atoms with van der Waals surface area (Å²) in [5.41, 5.74) is 11.1. The number of rotatable bonds is 6. The molecular weight excluding hydrogens is 354 g/mol. The molecule has 0 unspecified atom stereocenters. The molecule has 0 radical (unpaired) electrons. The number of nitrogens with two attached hydrogens (primary N) is 2. The first-order valence-corrected chi connectivity index (χ1v) is 8.83. The molecule has 148 valence electrons. The number of carbonyl (C=O) groups excluding carboxylic acids is 1. The Hall–Kier alpha value is -3.32. The summed E-state index contributed by atoms with van der Waals surface area (Å²) < 4.78 is 6.02. The van der Waals surface area contributed by atoms with Crippen molar-refractivity contribution in [1.82, 2.24) is 5.01 Å². The molecule has 0 heterocycles. The molecule has 2 aromatic carbocycles. The number of nitrogens with zero attached hydrogens (tertiary/aromatic N) is 2. The zero-order valence-electron chi connectivity index (χ0n) is 16.7. The Labute approximate surface area is 165 Å². The van der Waals surface area contributed by atoms with Gasteiger partial charge in [-0.3, -0.25) is 10.0 Å². The lowest BCUT2D eigenvalue weighted by molar-refractivity contribution is 0.223. The van der Waals surface area contributed by atoms with Gasteiger partial charge in [0.15, 0.2) is 0 Å². The van der Waals surface area contributed by atoms with E-state index in [1.54, 1.807) is 19.3 Å². The van der Waals surface area contributed by atoms with Crippen molar-refractivity contribution >= 4 is 23.6 Å². The number of allylic oxidation sites excluding steroid dienone is 1. The standard InChI is InChI=1S/C21H27N5O2/c1-14-6-5-7-19(25-21(27)26(4)23)17(14)13-28-20-9-8-16(12-15(20)2)18(22)10-11-24-3/h5-12H,13,22-23H2,1-4H3,(H,25,27). The fourth-order valence-corrected chi connectivity index (χ4v) is 2.61. The van der Waals surface area contributed by atoms with Crippen molar-refractivity contribution in [2.24, 2.45) is 16.6 Å². The van der Waals surface area contributed by atoms with Crippen molar-refractivity contribution in [2.45, 2.75) is 20.5 Å². The summed E-state index contributed by atoms with van der Waals surface area (Å²) in [6, 6.07) is 11.0. The van der Waals surface area contributed by atoms with E-state index in [2.05, 4.69) is 10.3 Å². The van der Waals surface area contributed by atoms with Gasteiger partial charge in [-0.25, -0.2) is 10.6 Å². The molecule has 2 aromatic rings. The van der Waals surface area contributed by atoms with E-state index in [0.29, 0.717) is 18.0 Å². The number of ether oxygens (including phenoxy) is 1. The summed E-state index contributed by atoms with van der Waals surface area (Å²) in [6.45, 7) is 4.24. The minimum absolute atomic E-state index is 0.310. The number of hydrazine groups is 1.